The maximum atomic E-state index is 13.6. The van der Waals surface area contributed by atoms with Gasteiger partial charge in [-0.3, -0.25) is 4.79 Å². The predicted octanol–water partition coefficient (Wildman–Crippen LogP) is 2.30. The molecule has 0 aromatic heterocycles. The van der Waals surface area contributed by atoms with E-state index in [1.54, 1.807) is 12.1 Å². The van der Waals surface area contributed by atoms with E-state index in [9.17, 15) is 9.18 Å². The van der Waals surface area contributed by atoms with Crippen LogP contribution in [-0.4, -0.2) is 30.0 Å². The molecule has 1 heterocycles. The highest BCUT2D eigenvalue weighted by Crippen LogP contribution is 2.15. The Balaban J connectivity index is 1.79. The third kappa shape index (κ3) is 4.78. The van der Waals surface area contributed by atoms with Crippen molar-refractivity contribution in [3.63, 3.8) is 0 Å². The monoisotopic (exact) mass is 346 g/mol. The average molecular weight is 347 g/mol. The van der Waals surface area contributed by atoms with Gasteiger partial charge in [0.05, 0.1) is 0 Å². The topological polar surface area (TPSA) is 41.1 Å². The zero-order valence-corrected chi connectivity index (χ0v) is 12.8. The quantitative estimate of drug-likeness (QED) is 0.878. The normalized spacial score (nSPS) is 19.2. The molecule has 2 N–H and O–H groups in total. The van der Waals surface area contributed by atoms with Crippen molar-refractivity contribution in [2.45, 2.75) is 19.0 Å². The molecule has 1 amide bonds. The molecule has 1 fully saturated rings. The van der Waals surface area contributed by atoms with Crippen LogP contribution in [0.5, 0.6) is 0 Å². The Bertz CT molecular complexity index is 452. The molecule has 2 rings (SSSR count). The molecule has 1 saturated heterocycles. The summed E-state index contributed by atoms with van der Waals surface area (Å²) in [6, 6.07) is 5.08. The maximum Gasteiger partial charge on any atom is 0.221 e. The number of carbonyl (C=O) groups excluding carboxylic acids is 1. The van der Waals surface area contributed by atoms with Gasteiger partial charge in [0.1, 0.15) is 5.82 Å². The summed E-state index contributed by atoms with van der Waals surface area (Å²) in [7, 11) is 0. The fraction of sp³-hybridized carbons (Fsp3) is 0.462. The van der Waals surface area contributed by atoms with Crippen molar-refractivity contribution in [3.8, 4) is 0 Å². The summed E-state index contributed by atoms with van der Waals surface area (Å²) in [5, 5.41) is 6.07. The first-order valence-corrected chi connectivity index (χ1v) is 8.11. The molecular formula is C13H16BrFN2OS. The fourth-order valence-electron chi connectivity index (χ4n) is 1.91. The lowest BCUT2D eigenvalue weighted by atomic mass is 10.2. The van der Waals surface area contributed by atoms with Crippen molar-refractivity contribution in [1.82, 2.24) is 10.6 Å². The Morgan fingerprint density at radius 3 is 3.11 bits per heavy atom. The molecule has 0 bridgehead atoms. The largest absolute Gasteiger partial charge is 0.352 e. The average Bonchev–Trinajstić information content (AvgIpc) is 2.39. The van der Waals surface area contributed by atoms with Gasteiger partial charge in [-0.25, -0.2) is 4.39 Å². The first-order chi connectivity index (χ1) is 9.15. The van der Waals surface area contributed by atoms with Gasteiger partial charge in [-0.05, 0) is 12.1 Å². The van der Waals surface area contributed by atoms with Crippen molar-refractivity contribution in [1.29, 1.82) is 0 Å². The van der Waals surface area contributed by atoms with Crippen molar-refractivity contribution in [2.75, 3.05) is 18.1 Å². The highest BCUT2D eigenvalue weighted by Gasteiger charge is 2.16. The predicted molar refractivity (Wildman–Crippen MR) is 79.7 cm³/mol. The minimum absolute atomic E-state index is 0.0395. The van der Waals surface area contributed by atoms with Gasteiger partial charge in [0, 0.05) is 47.1 Å². The van der Waals surface area contributed by atoms with Crippen molar-refractivity contribution < 1.29 is 9.18 Å². The van der Waals surface area contributed by atoms with Crippen LogP contribution in [0.2, 0.25) is 0 Å². The lowest BCUT2D eigenvalue weighted by Gasteiger charge is -2.22. The van der Waals surface area contributed by atoms with E-state index in [0.717, 1.165) is 18.1 Å². The second-order valence-electron chi connectivity index (χ2n) is 4.44. The van der Waals surface area contributed by atoms with E-state index < -0.39 is 0 Å². The molecule has 0 radical (unpaired) electrons. The molecule has 6 heteroatoms. The van der Waals surface area contributed by atoms with E-state index in [1.807, 2.05) is 11.8 Å². The van der Waals surface area contributed by atoms with Gasteiger partial charge >= 0.3 is 0 Å². The van der Waals surface area contributed by atoms with Crippen LogP contribution in [0.1, 0.15) is 12.0 Å². The van der Waals surface area contributed by atoms with Crippen LogP contribution >= 0.6 is 27.7 Å². The maximum absolute atomic E-state index is 13.6. The van der Waals surface area contributed by atoms with Gasteiger partial charge < -0.3 is 10.6 Å². The second-order valence-corrected chi connectivity index (χ2v) is 6.51. The minimum Gasteiger partial charge on any atom is -0.352 e. The smallest absolute Gasteiger partial charge is 0.221 e. The third-order valence-corrected chi connectivity index (χ3v) is 4.55. The van der Waals surface area contributed by atoms with Crippen molar-refractivity contribution in [3.05, 3.63) is 34.1 Å². The van der Waals surface area contributed by atoms with Gasteiger partial charge in [-0.2, -0.15) is 11.8 Å². The number of thioether (sulfide) groups is 1. The van der Waals surface area contributed by atoms with E-state index in [1.165, 1.54) is 6.07 Å². The van der Waals surface area contributed by atoms with Crippen LogP contribution in [0.4, 0.5) is 4.39 Å². The molecule has 1 atom stereocenters. The van der Waals surface area contributed by atoms with Crippen LogP contribution in [0.15, 0.2) is 22.7 Å². The molecule has 1 unspecified atom stereocenters. The van der Waals surface area contributed by atoms with E-state index >= 15 is 0 Å². The number of halogens is 2. The number of rotatable bonds is 4. The van der Waals surface area contributed by atoms with E-state index in [2.05, 4.69) is 26.6 Å². The Hall–Kier alpha value is -0.590. The van der Waals surface area contributed by atoms with E-state index in [4.69, 9.17) is 0 Å². The van der Waals surface area contributed by atoms with Gasteiger partial charge in [-0.1, -0.05) is 22.0 Å². The Morgan fingerprint density at radius 2 is 2.42 bits per heavy atom. The summed E-state index contributed by atoms with van der Waals surface area (Å²) >= 11 is 5.06. The van der Waals surface area contributed by atoms with Gasteiger partial charge in [-0.15, -0.1) is 0 Å². The van der Waals surface area contributed by atoms with Gasteiger partial charge in [0.15, 0.2) is 0 Å². The highest BCUT2D eigenvalue weighted by molar-refractivity contribution is 9.10. The number of nitrogens with one attached hydrogen (secondary N) is 2. The minimum atomic E-state index is -0.305. The number of carbonyl (C=O) groups is 1. The molecular weight excluding hydrogens is 331 g/mol. The first-order valence-electron chi connectivity index (χ1n) is 6.17. The summed E-state index contributed by atoms with van der Waals surface area (Å²) in [5.41, 5.74) is 0.502. The Labute approximate surface area is 124 Å². The molecule has 19 heavy (non-hydrogen) atoms. The highest BCUT2D eigenvalue weighted by atomic mass is 79.9. The molecule has 1 aromatic carbocycles. The molecule has 3 nitrogen and oxygen atoms in total. The summed E-state index contributed by atoms with van der Waals surface area (Å²) in [4.78, 5) is 11.8. The Morgan fingerprint density at radius 1 is 1.58 bits per heavy atom. The number of amides is 1. The summed E-state index contributed by atoms with van der Waals surface area (Å²) in [6.07, 6.45) is 0.450. The van der Waals surface area contributed by atoms with Crippen LogP contribution < -0.4 is 10.6 Å². The number of benzene rings is 1. The van der Waals surface area contributed by atoms with Crippen molar-refractivity contribution in [2.24, 2.45) is 0 Å². The standard InChI is InChI=1S/C13H16BrFN2OS/c14-10-2-1-9(12(15)5-10)7-17-13(18)6-11-8-19-4-3-16-11/h1-2,5,11,16H,3-4,6-8H2,(H,17,18). The SMILES string of the molecule is O=C(CC1CSCCN1)NCc1ccc(Br)cc1F. The molecule has 104 valence electrons. The van der Waals surface area contributed by atoms with E-state index in [-0.39, 0.29) is 24.3 Å². The van der Waals surface area contributed by atoms with Crippen LogP contribution in [0, 0.1) is 5.82 Å². The first kappa shape index (κ1) is 14.8. The summed E-state index contributed by atoms with van der Waals surface area (Å²) in [5.74, 6) is 1.71. The van der Waals surface area contributed by atoms with Gasteiger partial charge in [0.25, 0.3) is 0 Å². The molecule has 0 aliphatic carbocycles. The Kier molecular flexibility index (Phi) is 5.66. The third-order valence-electron chi connectivity index (χ3n) is 2.92. The summed E-state index contributed by atoms with van der Waals surface area (Å²) < 4.78 is 14.3. The molecule has 0 spiro atoms. The zero-order chi connectivity index (χ0) is 13.7. The van der Waals surface area contributed by atoms with Crippen LogP contribution in [0.3, 0.4) is 0 Å². The van der Waals surface area contributed by atoms with Crippen LogP contribution in [-0.2, 0) is 11.3 Å². The zero-order valence-electron chi connectivity index (χ0n) is 10.4. The lowest BCUT2D eigenvalue weighted by Crippen LogP contribution is -2.41. The summed E-state index contributed by atoms with van der Waals surface area (Å²) in [6.45, 7) is 1.18. The molecule has 1 aliphatic heterocycles. The molecule has 1 aromatic rings. The van der Waals surface area contributed by atoms with Crippen molar-refractivity contribution >= 4 is 33.6 Å². The van der Waals surface area contributed by atoms with Crippen LogP contribution in [0.25, 0.3) is 0 Å². The number of hydrogen-bond donors (Lipinski definition) is 2. The molecule has 1 aliphatic rings. The second kappa shape index (κ2) is 7.26. The van der Waals surface area contributed by atoms with E-state index in [0.29, 0.717) is 16.5 Å². The fourth-order valence-corrected chi connectivity index (χ4v) is 3.19. The number of hydrogen-bond acceptors (Lipinski definition) is 3. The lowest BCUT2D eigenvalue weighted by molar-refractivity contribution is -0.121. The van der Waals surface area contributed by atoms with Gasteiger partial charge in [0.2, 0.25) is 5.91 Å². The molecule has 0 saturated carbocycles.